The first kappa shape index (κ1) is 21.6. The van der Waals surface area contributed by atoms with Crippen LogP contribution in [0.15, 0.2) is 82.3 Å². The summed E-state index contributed by atoms with van der Waals surface area (Å²) in [6.45, 7) is 2.41. The molecule has 0 saturated carbocycles. The van der Waals surface area contributed by atoms with Crippen molar-refractivity contribution in [1.29, 1.82) is 0 Å². The summed E-state index contributed by atoms with van der Waals surface area (Å²) in [7, 11) is 0. The number of hydrogen-bond donors (Lipinski definition) is 1. The molecule has 0 fully saturated rings. The first-order valence-corrected chi connectivity index (χ1v) is 12.0. The lowest BCUT2D eigenvalue weighted by Crippen LogP contribution is -2.29. The molecule has 3 aromatic carbocycles. The van der Waals surface area contributed by atoms with E-state index in [4.69, 9.17) is 11.2 Å². The Morgan fingerprint density at radius 3 is 2.79 bits per heavy atom. The zero-order chi connectivity index (χ0) is 22.8. The first-order chi connectivity index (χ1) is 16.1. The number of fused-ring (bicyclic) bond motifs is 3. The van der Waals surface area contributed by atoms with Gasteiger partial charge in [0.05, 0.1) is 16.2 Å². The second-order valence-corrected chi connectivity index (χ2v) is 9.45. The summed E-state index contributed by atoms with van der Waals surface area (Å²) in [4.78, 5) is 4.66. The van der Waals surface area contributed by atoms with E-state index in [0.29, 0.717) is 17.9 Å². The minimum Gasteiger partial charge on any atom is -0.480 e. The van der Waals surface area contributed by atoms with Gasteiger partial charge in [0.1, 0.15) is 12.4 Å². The molecular formula is C29H25BrN2O. The Hall–Kier alpha value is -3.29. The van der Waals surface area contributed by atoms with Crippen molar-refractivity contribution in [2.75, 3.05) is 11.9 Å². The molecule has 0 amide bonds. The Morgan fingerprint density at radius 1 is 1.15 bits per heavy atom. The fraction of sp³-hybridized carbons (Fsp3) is 0.207. The number of rotatable bonds is 5. The highest BCUT2D eigenvalue weighted by Gasteiger charge is 2.37. The van der Waals surface area contributed by atoms with Gasteiger partial charge in [0, 0.05) is 17.8 Å². The van der Waals surface area contributed by atoms with Gasteiger partial charge in [0.2, 0.25) is 0 Å². The van der Waals surface area contributed by atoms with Crippen LogP contribution in [0.2, 0.25) is 0 Å². The van der Waals surface area contributed by atoms with Crippen molar-refractivity contribution in [2.24, 2.45) is 10.9 Å². The van der Waals surface area contributed by atoms with Crippen LogP contribution < -0.4 is 10.1 Å². The second-order valence-electron chi connectivity index (χ2n) is 8.60. The van der Waals surface area contributed by atoms with E-state index in [9.17, 15) is 0 Å². The lowest BCUT2D eigenvalue weighted by molar-refractivity contribution is 0.368. The zero-order valence-electron chi connectivity index (χ0n) is 18.5. The van der Waals surface area contributed by atoms with E-state index in [-0.39, 0.29) is 6.61 Å². The van der Waals surface area contributed by atoms with E-state index in [0.717, 1.165) is 27.9 Å². The molecule has 1 heterocycles. The van der Waals surface area contributed by atoms with E-state index < -0.39 is 0 Å². The van der Waals surface area contributed by atoms with Crippen molar-refractivity contribution in [3.8, 4) is 18.1 Å². The molecule has 0 radical (unpaired) electrons. The fourth-order valence-electron chi connectivity index (χ4n) is 4.79. The van der Waals surface area contributed by atoms with Gasteiger partial charge >= 0.3 is 0 Å². The normalized spacial score (nSPS) is 20.7. The minimum absolute atomic E-state index is 0.247. The summed E-state index contributed by atoms with van der Waals surface area (Å²) in [5.74, 6) is 4.23. The summed E-state index contributed by atoms with van der Waals surface area (Å²) in [5, 5.41) is 3.81. The van der Waals surface area contributed by atoms with Crippen molar-refractivity contribution in [3.05, 3.63) is 99.5 Å². The Morgan fingerprint density at radius 2 is 2.00 bits per heavy atom. The Bertz CT molecular complexity index is 1270. The smallest absolute Gasteiger partial charge is 0.148 e. The lowest BCUT2D eigenvalue weighted by atomic mass is 9.76. The average Bonchev–Trinajstić information content (AvgIpc) is 3.33. The summed E-state index contributed by atoms with van der Waals surface area (Å²) in [6.07, 6.45) is 12.9. The molecule has 164 valence electrons. The number of ether oxygens (including phenoxy) is 1. The minimum atomic E-state index is 0.247. The largest absolute Gasteiger partial charge is 0.480 e. The van der Waals surface area contributed by atoms with Crippen LogP contribution in [0, 0.1) is 25.2 Å². The highest BCUT2D eigenvalue weighted by molar-refractivity contribution is 9.10. The molecule has 2 aliphatic rings. The molecule has 0 aromatic heterocycles. The maximum Gasteiger partial charge on any atom is 0.148 e. The van der Waals surface area contributed by atoms with Gasteiger partial charge in [-0.05, 0) is 88.3 Å². The van der Waals surface area contributed by atoms with E-state index in [1.165, 1.54) is 22.4 Å². The number of hydrogen-bond acceptors (Lipinski definition) is 3. The maximum absolute atomic E-state index is 5.49. The number of aryl methyl sites for hydroxylation is 1. The van der Waals surface area contributed by atoms with Crippen molar-refractivity contribution < 1.29 is 4.74 Å². The summed E-state index contributed by atoms with van der Waals surface area (Å²) < 4.78 is 6.35. The van der Waals surface area contributed by atoms with Crippen LogP contribution in [0.1, 0.15) is 40.6 Å². The molecule has 0 bridgehead atoms. The number of anilines is 1. The Labute approximate surface area is 203 Å². The van der Waals surface area contributed by atoms with Gasteiger partial charge in [-0.25, -0.2) is 0 Å². The predicted molar refractivity (Wildman–Crippen MR) is 140 cm³/mol. The third kappa shape index (κ3) is 4.47. The first-order valence-electron chi connectivity index (χ1n) is 11.2. The quantitative estimate of drug-likeness (QED) is 0.227. The van der Waals surface area contributed by atoms with Crippen LogP contribution in [0.4, 0.5) is 11.4 Å². The molecule has 3 atom stereocenters. The molecule has 0 spiro atoms. The molecule has 1 N–H and O–H groups in total. The molecule has 3 aromatic rings. The van der Waals surface area contributed by atoms with E-state index >= 15 is 0 Å². The number of terminal acetylenes is 1. The maximum atomic E-state index is 5.49. The fourth-order valence-corrected chi connectivity index (χ4v) is 5.31. The third-order valence-electron chi connectivity index (χ3n) is 6.40. The zero-order valence-corrected chi connectivity index (χ0v) is 20.0. The lowest BCUT2D eigenvalue weighted by Gasteiger charge is -2.37. The van der Waals surface area contributed by atoms with Gasteiger partial charge in [-0.1, -0.05) is 47.9 Å². The van der Waals surface area contributed by atoms with Gasteiger partial charge in [0.15, 0.2) is 0 Å². The molecular weight excluding hydrogens is 472 g/mol. The predicted octanol–water partition coefficient (Wildman–Crippen LogP) is 7.35. The molecule has 5 rings (SSSR count). The van der Waals surface area contributed by atoms with E-state index in [1.54, 1.807) is 0 Å². The standard InChI is InChI=1S/C29H25BrN2O/c1-3-15-33-28-14-8-20(17-26(28)30)18-31-22-11-9-21(10-12-22)29-24-6-4-5-23(24)25-16-19(2)7-13-27(25)32-29/h1,4-5,7-14,16-18,23-24,29,32H,6,15H2,2H3/t23-,24+,29-/m0/s1. The molecule has 0 unspecified atom stereocenters. The third-order valence-corrected chi connectivity index (χ3v) is 7.02. The summed E-state index contributed by atoms with van der Waals surface area (Å²) in [5.41, 5.74) is 7.21. The van der Waals surface area contributed by atoms with Crippen LogP contribution >= 0.6 is 15.9 Å². The Kier molecular flexibility index (Phi) is 6.07. The van der Waals surface area contributed by atoms with Gasteiger partial charge < -0.3 is 10.1 Å². The Balaban J connectivity index is 1.32. The monoisotopic (exact) mass is 496 g/mol. The number of aliphatic imine (C=N–C) groups is 1. The van der Waals surface area contributed by atoms with E-state index in [1.807, 2.05) is 24.4 Å². The topological polar surface area (TPSA) is 33.6 Å². The summed E-state index contributed by atoms with van der Waals surface area (Å²) >= 11 is 3.53. The van der Waals surface area contributed by atoms with Crippen LogP contribution in [0.25, 0.3) is 0 Å². The summed E-state index contributed by atoms with van der Waals surface area (Å²) in [6, 6.07) is 21.5. The van der Waals surface area contributed by atoms with E-state index in [2.05, 4.69) is 93.7 Å². The van der Waals surface area contributed by atoms with Gasteiger partial charge in [-0.3, -0.25) is 4.99 Å². The number of benzene rings is 3. The highest BCUT2D eigenvalue weighted by Crippen LogP contribution is 2.50. The van der Waals surface area contributed by atoms with Gasteiger partial charge in [-0.15, -0.1) is 6.42 Å². The second kappa shape index (κ2) is 9.29. The average molecular weight is 497 g/mol. The number of nitrogens with zero attached hydrogens (tertiary/aromatic N) is 1. The molecule has 1 aliphatic carbocycles. The van der Waals surface area contributed by atoms with Crippen molar-refractivity contribution >= 4 is 33.5 Å². The molecule has 3 nitrogen and oxygen atoms in total. The molecule has 1 aliphatic heterocycles. The van der Waals surface area contributed by atoms with Crippen molar-refractivity contribution in [1.82, 2.24) is 0 Å². The highest BCUT2D eigenvalue weighted by atomic mass is 79.9. The van der Waals surface area contributed by atoms with Crippen LogP contribution in [0.5, 0.6) is 5.75 Å². The molecule has 4 heteroatoms. The van der Waals surface area contributed by atoms with Crippen LogP contribution in [0.3, 0.4) is 0 Å². The van der Waals surface area contributed by atoms with Crippen LogP contribution in [-0.4, -0.2) is 12.8 Å². The molecule has 0 saturated heterocycles. The van der Waals surface area contributed by atoms with Crippen molar-refractivity contribution in [3.63, 3.8) is 0 Å². The van der Waals surface area contributed by atoms with Crippen LogP contribution in [-0.2, 0) is 0 Å². The molecule has 33 heavy (non-hydrogen) atoms. The number of nitrogens with one attached hydrogen (secondary N) is 1. The SMILES string of the molecule is C#CCOc1ccc(C=Nc2ccc([C@@H]3Nc4ccc(C)cc4[C@H]4C=CC[C@H]43)cc2)cc1Br. The van der Waals surface area contributed by atoms with Crippen molar-refractivity contribution in [2.45, 2.75) is 25.3 Å². The van der Waals surface area contributed by atoms with Gasteiger partial charge in [0.25, 0.3) is 0 Å². The number of halogens is 1. The van der Waals surface area contributed by atoms with Gasteiger partial charge in [-0.2, -0.15) is 0 Å². The number of allylic oxidation sites excluding steroid dienone is 2.